The Hall–Kier alpha value is -2.90. The van der Waals surface area contributed by atoms with Gasteiger partial charge in [-0.05, 0) is 54.7 Å². The van der Waals surface area contributed by atoms with Gasteiger partial charge in [0.15, 0.2) is 5.82 Å². The lowest BCUT2D eigenvalue weighted by Gasteiger charge is -2.23. The highest BCUT2D eigenvalue weighted by atomic mass is 35.5. The van der Waals surface area contributed by atoms with Crippen molar-refractivity contribution in [1.29, 1.82) is 5.26 Å². The molecule has 0 fully saturated rings. The molecular weight excluding hydrogens is 346 g/mol. The first-order valence-electron chi connectivity index (χ1n) is 8.52. The van der Waals surface area contributed by atoms with Gasteiger partial charge < -0.3 is 0 Å². The minimum absolute atomic E-state index is 0.184. The summed E-state index contributed by atoms with van der Waals surface area (Å²) in [6.07, 6.45) is 3.19. The second-order valence-corrected chi connectivity index (χ2v) is 6.60. The lowest BCUT2D eigenvalue weighted by molar-refractivity contribution is -0.115. The van der Waals surface area contributed by atoms with Crippen LogP contribution in [-0.4, -0.2) is 16.8 Å². The van der Waals surface area contributed by atoms with Crippen molar-refractivity contribution in [2.75, 3.05) is 10.8 Å². The topological polar surface area (TPSA) is 57.0 Å². The van der Waals surface area contributed by atoms with Crippen molar-refractivity contribution in [2.45, 2.75) is 19.3 Å². The Morgan fingerprint density at radius 1 is 1.15 bits per heavy atom. The van der Waals surface area contributed by atoms with Crippen LogP contribution in [-0.2, 0) is 17.6 Å². The number of hydrogen-bond donors (Lipinski definition) is 0. The molecule has 0 atom stereocenters. The number of aromatic nitrogens is 1. The van der Waals surface area contributed by atoms with Gasteiger partial charge in [0.2, 0.25) is 5.91 Å². The predicted molar refractivity (Wildman–Crippen MR) is 103 cm³/mol. The molecule has 4 nitrogen and oxygen atoms in total. The summed E-state index contributed by atoms with van der Waals surface area (Å²) in [5.41, 5.74) is 4.35. The number of amides is 1. The first-order valence-corrected chi connectivity index (χ1v) is 9.05. The zero-order valence-corrected chi connectivity index (χ0v) is 14.8. The lowest BCUT2D eigenvalue weighted by Crippen LogP contribution is -2.28. The zero-order chi connectivity index (χ0) is 18.1. The molecule has 1 aliphatic rings. The van der Waals surface area contributed by atoms with Crippen molar-refractivity contribution >= 4 is 39.9 Å². The molecule has 0 bridgehead atoms. The van der Waals surface area contributed by atoms with E-state index in [9.17, 15) is 10.1 Å². The molecule has 1 heterocycles. The van der Waals surface area contributed by atoms with Crippen LogP contribution in [0.3, 0.4) is 0 Å². The molecule has 0 saturated carbocycles. The van der Waals surface area contributed by atoms with Crippen LogP contribution >= 0.6 is 11.6 Å². The van der Waals surface area contributed by atoms with E-state index in [2.05, 4.69) is 17.1 Å². The van der Waals surface area contributed by atoms with Crippen molar-refractivity contribution in [1.82, 2.24) is 4.98 Å². The third kappa shape index (κ3) is 2.81. The Balaban J connectivity index is 1.92. The molecule has 26 heavy (non-hydrogen) atoms. The van der Waals surface area contributed by atoms with Gasteiger partial charge in [0.05, 0.1) is 16.8 Å². The molecule has 1 aliphatic carbocycles. The number of halogens is 1. The van der Waals surface area contributed by atoms with Crippen LogP contribution < -0.4 is 4.90 Å². The maximum absolute atomic E-state index is 12.7. The fourth-order valence-corrected chi connectivity index (χ4v) is 3.62. The summed E-state index contributed by atoms with van der Waals surface area (Å²) in [5, 5.41) is 10.5. The molecule has 0 spiro atoms. The fraction of sp³-hybridized carbons (Fsp3) is 0.190. The number of nitrogens with zero attached hydrogens (tertiary/aromatic N) is 3. The van der Waals surface area contributed by atoms with Crippen molar-refractivity contribution in [3.63, 3.8) is 0 Å². The minimum atomic E-state index is -0.302. The third-order valence-electron chi connectivity index (χ3n) is 4.74. The van der Waals surface area contributed by atoms with Gasteiger partial charge in [-0.25, -0.2) is 4.98 Å². The predicted octanol–water partition coefficient (Wildman–Crippen LogP) is 4.50. The number of fused-ring (bicyclic) bond motifs is 2. The van der Waals surface area contributed by atoms with E-state index < -0.39 is 0 Å². The molecule has 5 heteroatoms. The molecule has 3 aromatic rings. The number of alkyl halides is 1. The molecule has 0 aliphatic heterocycles. The second-order valence-electron chi connectivity index (χ2n) is 6.33. The van der Waals surface area contributed by atoms with Gasteiger partial charge in [0.1, 0.15) is 11.9 Å². The third-order valence-corrected chi connectivity index (χ3v) is 4.97. The summed E-state index contributed by atoms with van der Waals surface area (Å²) in [7, 11) is 0. The minimum Gasteiger partial charge on any atom is -0.273 e. The SMILES string of the molecule is N#Cc1cc2ccccc2nc1N(C(=O)CCl)c1ccc2c(c1)CCC2. The van der Waals surface area contributed by atoms with Gasteiger partial charge in [-0.15, -0.1) is 11.6 Å². The van der Waals surface area contributed by atoms with Crippen LogP contribution in [0.15, 0.2) is 48.5 Å². The molecule has 0 saturated heterocycles. The highest BCUT2D eigenvalue weighted by molar-refractivity contribution is 6.30. The first-order chi connectivity index (χ1) is 12.7. The van der Waals surface area contributed by atoms with E-state index in [1.165, 1.54) is 16.0 Å². The summed E-state index contributed by atoms with van der Waals surface area (Å²) >= 11 is 5.88. The normalized spacial score (nSPS) is 12.6. The quantitative estimate of drug-likeness (QED) is 0.645. The van der Waals surface area contributed by atoms with E-state index in [1.54, 1.807) is 6.07 Å². The number of para-hydroxylation sites is 1. The van der Waals surface area contributed by atoms with Crippen LogP contribution in [0.1, 0.15) is 23.1 Å². The summed E-state index contributed by atoms with van der Waals surface area (Å²) < 4.78 is 0. The van der Waals surface area contributed by atoms with Crippen molar-refractivity contribution in [3.05, 3.63) is 65.2 Å². The summed E-state index contributed by atoms with van der Waals surface area (Å²) in [4.78, 5) is 18.7. The monoisotopic (exact) mass is 361 g/mol. The molecule has 4 rings (SSSR count). The van der Waals surface area contributed by atoms with Crippen LogP contribution in [0.2, 0.25) is 0 Å². The number of rotatable bonds is 3. The largest absolute Gasteiger partial charge is 0.273 e. The Kier molecular flexibility index (Phi) is 4.32. The maximum Gasteiger partial charge on any atom is 0.247 e. The number of benzene rings is 2. The van der Waals surface area contributed by atoms with Gasteiger partial charge >= 0.3 is 0 Å². The summed E-state index contributed by atoms with van der Waals surface area (Å²) in [6, 6.07) is 17.5. The number of nitriles is 1. The van der Waals surface area contributed by atoms with Gasteiger partial charge in [-0.1, -0.05) is 24.3 Å². The van der Waals surface area contributed by atoms with Gasteiger partial charge in [-0.3, -0.25) is 9.69 Å². The Labute approximate surface area is 156 Å². The molecule has 0 radical (unpaired) electrons. The first kappa shape index (κ1) is 16.6. The van der Waals surface area contributed by atoms with Crippen molar-refractivity contribution in [2.24, 2.45) is 0 Å². The highest BCUT2D eigenvalue weighted by Crippen LogP contribution is 2.33. The van der Waals surface area contributed by atoms with Crippen LogP contribution in [0.5, 0.6) is 0 Å². The number of anilines is 2. The summed E-state index contributed by atoms with van der Waals surface area (Å²) in [5.74, 6) is -0.158. The number of hydrogen-bond acceptors (Lipinski definition) is 3. The number of carbonyl (C=O) groups is 1. The van der Waals surface area contributed by atoms with Crippen LogP contribution in [0, 0.1) is 11.3 Å². The van der Waals surface area contributed by atoms with E-state index in [-0.39, 0.29) is 11.8 Å². The average Bonchev–Trinajstić information content (AvgIpc) is 3.15. The molecular formula is C21H16ClN3O. The number of carbonyl (C=O) groups excluding carboxylic acids is 1. The van der Waals surface area contributed by atoms with Crippen LogP contribution in [0.25, 0.3) is 10.9 Å². The molecule has 0 N–H and O–H groups in total. The second kappa shape index (κ2) is 6.78. The molecule has 128 valence electrons. The lowest BCUT2D eigenvalue weighted by atomic mass is 10.1. The smallest absolute Gasteiger partial charge is 0.247 e. The van der Waals surface area contributed by atoms with Gasteiger partial charge in [-0.2, -0.15) is 5.26 Å². The van der Waals surface area contributed by atoms with Gasteiger partial charge in [0, 0.05) is 5.39 Å². The highest BCUT2D eigenvalue weighted by Gasteiger charge is 2.24. The van der Waals surface area contributed by atoms with E-state index in [0.717, 1.165) is 30.2 Å². The maximum atomic E-state index is 12.7. The fourth-order valence-electron chi connectivity index (χ4n) is 3.50. The standard InChI is InChI=1S/C21H16ClN3O/c22-12-20(26)25(18-9-8-14-5-3-6-15(14)11-18)21-17(13-23)10-16-4-1-2-7-19(16)24-21/h1-2,4,7-11H,3,5-6,12H2. The van der Waals surface area contributed by atoms with Gasteiger partial charge in [0.25, 0.3) is 0 Å². The van der Waals surface area contributed by atoms with E-state index in [4.69, 9.17) is 11.6 Å². The van der Waals surface area contributed by atoms with E-state index in [1.807, 2.05) is 36.4 Å². The van der Waals surface area contributed by atoms with E-state index in [0.29, 0.717) is 17.1 Å². The van der Waals surface area contributed by atoms with Crippen molar-refractivity contribution in [3.8, 4) is 6.07 Å². The average molecular weight is 362 g/mol. The molecule has 0 unspecified atom stereocenters. The van der Waals surface area contributed by atoms with Crippen LogP contribution in [0.4, 0.5) is 11.5 Å². The van der Waals surface area contributed by atoms with E-state index >= 15 is 0 Å². The molecule has 1 aromatic heterocycles. The Morgan fingerprint density at radius 2 is 1.96 bits per heavy atom. The van der Waals surface area contributed by atoms with Crippen molar-refractivity contribution < 1.29 is 4.79 Å². The summed E-state index contributed by atoms with van der Waals surface area (Å²) in [6.45, 7) is 0. The number of aryl methyl sites for hydroxylation is 2. The number of pyridine rings is 1. The Morgan fingerprint density at radius 3 is 2.77 bits per heavy atom. The Bertz CT molecular complexity index is 1050. The molecule has 2 aromatic carbocycles. The molecule has 1 amide bonds. The zero-order valence-electron chi connectivity index (χ0n) is 14.1.